The van der Waals surface area contributed by atoms with Gasteiger partial charge < -0.3 is 4.57 Å². The van der Waals surface area contributed by atoms with Gasteiger partial charge in [0, 0.05) is 10.6 Å². The number of rotatable bonds is 2. The van der Waals surface area contributed by atoms with Crippen molar-refractivity contribution >= 4 is 28.5 Å². The van der Waals surface area contributed by atoms with Crippen molar-refractivity contribution in [3.63, 3.8) is 0 Å². The zero-order valence-electron chi connectivity index (χ0n) is 10.8. The Hall–Kier alpha value is -1.85. The predicted molar refractivity (Wildman–Crippen MR) is 83.2 cm³/mol. The molecular weight excluding hydrogens is 251 g/mol. The van der Waals surface area contributed by atoms with E-state index >= 15 is 0 Å². The van der Waals surface area contributed by atoms with Crippen molar-refractivity contribution in [3.8, 4) is 0 Å². The molecule has 3 aromatic rings. The first-order valence-electron chi connectivity index (χ1n) is 6.30. The molecule has 0 heterocycles. The van der Waals surface area contributed by atoms with Crippen LogP contribution in [0.2, 0.25) is 0 Å². The fourth-order valence-corrected chi connectivity index (χ4v) is 4.09. The smallest absolute Gasteiger partial charge is 0.140 e. The molecule has 1 nitrogen and oxygen atoms in total. The molecule has 0 fully saturated rings. The molecule has 0 aliphatic carbocycles. The fraction of sp³-hybridized carbons (Fsp3) is 0.0588. The monoisotopic (exact) mass is 266 g/mol. The van der Waals surface area contributed by atoms with Crippen LogP contribution in [0.5, 0.6) is 0 Å². The summed E-state index contributed by atoms with van der Waals surface area (Å²) in [6.45, 7) is 1.84. The Bertz CT molecular complexity index is 762. The number of fused-ring (bicyclic) bond motifs is 1. The summed E-state index contributed by atoms with van der Waals surface area (Å²) < 4.78 is 13.1. The van der Waals surface area contributed by atoms with Crippen molar-refractivity contribution in [2.24, 2.45) is 0 Å². The molecule has 0 bridgehead atoms. The summed E-state index contributed by atoms with van der Waals surface area (Å²) in [6.07, 6.45) is 0. The maximum absolute atomic E-state index is 13.1. The summed E-state index contributed by atoms with van der Waals surface area (Å²) >= 11 is 0. The molecule has 3 aromatic carbocycles. The van der Waals surface area contributed by atoms with Crippen molar-refractivity contribution in [2.45, 2.75) is 0 Å². The van der Waals surface area contributed by atoms with Gasteiger partial charge in [-0.2, -0.15) is 0 Å². The second-order valence-corrected chi connectivity index (χ2v) is 7.67. The molecule has 0 saturated heterocycles. The van der Waals surface area contributed by atoms with E-state index in [9.17, 15) is 4.57 Å². The van der Waals surface area contributed by atoms with E-state index in [0.717, 1.165) is 16.0 Å². The highest BCUT2D eigenvalue weighted by Gasteiger charge is 2.20. The van der Waals surface area contributed by atoms with Gasteiger partial charge in [-0.15, -0.1) is 0 Å². The minimum absolute atomic E-state index is 0.908. The van der Waals surface area contributed by atoms with Crippen LogP contribution in [0.4, 0.5) is 0 Å². The van der Waals surface area contributed by atoms with Crippen LogP contribution in [0.3, 0.4) is 0 Å². The summed E-state index contributed by atoms with van der Waals surface area (Å²) in [5, 5.41) is 4.14. The van der Waals surface area contributed by atoms with Gasteiger partial charge in [0.15, 0.2) is 0 Å². The van der Waals surface area contributed by atoms with Gasteiger partial charge in [-0.25, -0.2) is 0 Å². The molecule has 0 aliphatic heterocycles. The quantitative estimate of drug-likeness (QED) is 0.645. The standard InChI is InChI=1S/C17H15OP/c1-19(18,16-9-3-2-4-10-16)17-12-11-14-7-5-6-8-15(14)13-17/h2-13H,1H3/t19-/m1/s1. The first-order chi connectivity index (χ1) is 9.18. The highest BCUT2D eigenvalue weighted by atomic mass is 31.2. The third kappa shape index (κ3) is 2.22. The molecule has 0 radical (unpaired) electrons. The Morgan fingerprint density at radius 1 is 0.684 bits per heavy atom. The second-order valence-electron chi connectivity index (χ2n) is 4.79. The van der Waals surface area contributed by atoms with Crippen molar-refractivity contribution in [1.29, 1.82) is 0 Å². The summed E-state index contributed by atoms with van der Waals surface area (Å²) in [7, 11) is -2.50. The maximum Gasteiger partial charge on any atom is 0.140 e. The average Bonchev–Trinajstić information content (AvgIpc) is 2.47. The van der Waals surface area contributed by atoms with E-state index in [-0.39, 0.29) is 0 Å². The minimum Gasteiger partial charge on any atom is -0.314 e. The molecule has 0 saturated carbocycles. The van der Waals surface area contributed by atoms with E-state index in [2.05, 4.69) is 12.1 Å². The molecule has 0 N–H and O–H groups in total. The third-order valence-electron chi connectivity index (χ3n) is 3.47. The highest BCUT2D eigenvalue weighted by molar-refractivity contribution is 7.78. The Morgan fingerprint density at radius 2 is 1.32 bits per heavy atom. The van der Waals surface area contributed by atoms with Crippen LogP contribution in [0.15, 0.2) is 72.8 Å². The van der Waals surface area contributed by atoms with E-state index in [4.69, 9.17) is 0 Å². The second kappa shape index (κ2) is 4.68. The highest BCUT2D eigenvalue weighted by Crippen LogP contribution is 2.39. The van der Waals surface area contributed by atoms with E-state index in [1.807, 2.05) is 67.3 Å². The normalized spacial score (nSPS) is 14.2. The topological polar surface area (TPSA) is 17.1 Å². The molecule has 3 rings (SSSR count). The van der Waals surface area contributed by atoms with Crippen LogP contribution in [0.1, 0.15) is 0 Å². The molecule has 19 heavy (non-hydrogen) atoms. The molecule has 0 aromatic heterocycles. The van der Waals surface area contributed by atoms with E-state index in [0.29, 0.717) is 0 Å². The van der Waals surface area contributed by atoms with Gasteiger partial charge in [0.2, 0.25) is 0 Å². The third-order valence-corrected chi connectivity index (χ3v) is 6.02. The Labute approximate surface area is 113 Å². The lowest BCUT2D eigenvalue weighted by Crippen LogP contribution is -2.14. The average molecular weight is 266 g/mol. The lowest BCUT2D eigenvalue weighted by Gasteiger charge is -2.14. The molecule has 0 unspecified atom stereocenters. The molecule has 0 amide bonds. The Morgan fingerprint density at radius 3 is 2.05 bits per heavy atom. The summed E-state index contributed by atoms with van der Waals surface area (Å²) in [4.78, 5) is 0. The Balaban J connectivity index is 2.16. The van der Waals surface area contributed by atoms with Gasteiger partial charge in [0.05, 0.1) is 0 Å². The van der Waals surface area contributed by atoms with Gasteiger partial charge in [-0.05, 0) is 23.5 Å². The van der Waals surface area contributed by atoms with Crippen LogP contribution >= 0.6 is 7.14 Å². The van der Waals surface area contributed by atoms with Crippen LogP contribution in [-0.2, 0) is 4.57 Å². The zero-order valence-corrected chi connectivity index (χ0v) is 11.7. The molecule has 0 spiro atoms. The number of benzene rings is 3. The lowest BCUT2D eigenvalue weighted by atomic mass is 10.1. The van der Waals surface area contributed by atoms with E-state index in [1.165, 1.54) is 5.39 Å². The molecule has 0 aliphatic rings. The zero-order chi connectivity index (χ0) is 13.3. The first kappa shape index (κ1) is 12.2. The molecular formula is C17H15OP. The number of hydrogen-bond acceptors (Lipinski definition) is 1. The van der Waals surface area contributed by atoms with Crippen LogP contribution in [0.25, 0.3) is 10.8 Å². The van der Waals surface area contributed by atoms with Crippen molar-refractivity contribution in [2.75, 3.05) is 6.66 Å². The lowest BCUT2D eigenvalue weighted by molar-refractivity contribution is 0.590. The first-order valence-corrected chi connectivity index (χ1v) is 8.46. The maximum atomic E-state index is 13.1. The van der Waals surface area contributed by atoms with Gasteiger partial charge >= 0.3 is 0 Å². The predicted octanol–water partition coefficient (Wildman–Crippen LogP) is 3.78. The molecule has 94 valence electrons. The van der Waals surface area contributed by atoms with E-state index < -0.39 is 7.14 Å². The van der Waals surface area contributed by atoms with Crippen LogP contribution in [-0.4, -0.2) is 6.66 Å². The summed E-state index contributed by atoms with van der Waals surface area (Å²) in [5.74, 6) is 0. The van der Waals surface area contributed by atoms with Gasteiger partial charge in [-0.3, -0.25) is 0 Å². The largest absolute Gasteiger partial charge is 0.314 e. The van der Waals surface area contributed by atoms with Crippen molar-refractivity contribution in [3.05, 3.63) is 72.8 Å². The van der Waals surface area contributed by atoms with Crippen molar-refractivity contribution < 1.29 is 4.57 Å². The molecule has 2 heteroatoms. The van der Waals surface area contributed by atoms with Gasteiger partial charge in [0.1, 0.15) is 7.14 Å². The summed E-state index contributed by atoms with van der Waals surface area (Å²) in [6, 6.07) is 23.9. The minimum atomic E-state index is -2.50. The van der Waals surface area contributed by atoms with E-state index in [1.54, 1.807) is 0 Å². The Kier molecular flexibility index (Phi) is 3.00. The fourth-order valence-electron chi connectivity index (χ4n) is 2.30. The summed E-state index contributed by atoms with van der Waals surface area (Å²) in [5.41, 5.74) is 0. The van der Waals surface area contributed by atoms with Gasteiger partial charge in [0.25, 0.3) is 0 Å². The van der Waals surface area contributed by atoms with Crippen molar-refractivity contribution in [1.82, 2.24) is 0 Å². The SMILES string of the molecule is C[P@@](=O)(c1ccccc1)c1ccc2ccccc2c1. The van der Waals surface area contributed by atoms with Crippen LogP contribution < -0.4 is 10.6 Å². The van der Waals surface area contributed by atoms with Crippen LogP contribution in [0, 0.1) is 0 Å². The van der Waals surface area contributed by atoms with Gasteiger partial charge in [-0.1, -0.05) is 66.7 Å². The molecule has 1 atom stereocenters. The number of hydrogen-bond donors (Lipinski definition) is 0.